The molecule has 0 radical (unpaired) electrons. The smallest absolute Gasteiger partial charge is 0.462 e. The maximum absolute atomic E-state index is 12.9. The summed E-state index contributed by atoms with van der Waals surface area (Å²) in [5, 5.41) is 0. The molecule has 0 spiro atoms. The molecule has 0 heterocycles. The average molecular weight is 1160 g/mol. The second-order valence-electron chi connectivity index (χ2n) is 23.1. The van der Waals surface area contributed by atoms with E-state index in [4.69, 9.17) is 18.5 Å². The Balaban J connectivity index is 4.09. The van der Waals surface area contributed by atoms with Gasteiger partial charge in [0.2, 0.25) is 0 Å². The van der Waals surface area contributed by atoms with Gasteiger partial charge in [-0.3, -0.25) is 18.6 Å². The number of rotatable bonds is 60. The van der Waals surface area contributed by atoms with Crippen molar-refractivity contribution in [3.63, 3.8) is 0 Å². The predicted molar refractivity (Wildman–Crippen MR) is 353 cm³/mol. The highest BCUT2D eigenvalue weighted by Crippen LogP contribution is 2.43. The van der Waals surface area contributed by atoms with Crippen molar-refractivity contribution < 1.29 is 42.1 Å². The number of phosphoric acid groups is 1. The maximum Gasteiger partial charge on any atom is 0.472 e. The number of nitrogens with zero attached hydrogens (tertiary/aromatic N) is 1. The van der Waals surface area contributed by atoms with E-state index in [1.54, 1.807) is 0 Å². The number of hydrogen-bond acceptors (Lipinski definition) is 7. The fourth-order valence-electron chi connectivity index (χ4n) is 8.89. The van der Waals surface area contributed by atoms with E-state index >= 15 is 0 Å². The largest absolute Gasteiger partial charge is 0.472 e. The number of esters is 2. The van der Waals surface area contributed by atoms with Gasteiger partial charge in [0.15, 0.2) is 6.10 Å². The van der Waals surface area contributed by atoms with Crippen molar-refractivity contribution in [3.8, 4) is 0 Å². The van der Waals surface area contributed by atoms with E-state index in [-0.39, 0.29) is 32.0 Å². The molecule has 0 aliphatic heterocycles. The molecular weight excluding hydrogens is 1040 g/mol. The van der Waals surface area contributed by atoms with Crippen molar-refractivity contribution in [3.05, 3.63) is 122 Å². The van der Waals surface area contributed by atoms with Crippen LogP contribution in [0.4, 0.5) is 0 Å². The van der Waals surface area contributed by atoms with Crippen molar-refractivity contribution in [1.29, 1.82) is 0 Å². The van der Waals surface area contributed by atoms with E-state index in [0.717, 1.165) is 103 Å². The molecule has 0 saturated heterocycles. The molecule has 0 aromatic heterocycles. The number of phosphoric ester groups is 1. The van der Waals surface area contributed by atoms with Crippen molar-refractivity contribution in [2.45, 2.75) is 277 Å². The van der Waals surface area contributed by atoms with Crippen molar-refractivity contribution in [2.75, 3.05) is 47.5 Å². The lowest BCUT2D eigenvalue weighted by molar-refractivity contribution is -0.870. The van der Waals surface area contributed by atoms with Gasteiger partial charge in [-0.25, -0.2) is 4.57 Å². The van der Waals surface area contributed by atoms with Gasteiger partial charge >= 0.3 is 19.8 Å². The molecule has 2 atom stereocenters. The van der Waals surface area contributed by atoms with Crippen LogP contribution in [0.1, 0.15) is 271 Å². The highest BCUT2D eigenvalue weighted by molar-refractivity contribution is 7.47. The van der Waals surface area contributed by atoms with Crippen LogP contribution in [-0.4, -0.2) is 74.9 Å². The van der Waals surface area contributed by atoms with E-state index < -0.39 is 26.5 Å². The van der Waals surface area contributed by atoms with Gasteiger partial charge in [0.1, 0.15) is 19.8 Å². The minimum atomic E-state index is -4.40. The maximum atomic E-state index is 12.9. The van der Waals surface area contributed by atoms with Gasteiger partial charge < -0.3 is 18.9 Å². The molecule has 82 heavy (non-hydrogen) atoms. The predicted octanol–water partition coefficient (Wildman–Crippen LogP) is 21.5. The number of allylic oxidation sites excluding steroid dienone is 20. The molecule has 0 aliphatic rings. The summed E-state index contributed by atoms with van der Waals surface area (Å²) in [4.78, 5) is 35.8. The molecule has 470 valence electrons. The number of quaternary nitrogens is 1. The van der Waals surface area contributed by atoms with Gasteiger partial charge in [-0.2, -0.15) is 0 Å². The third kappa shape index (κ3) is 65.6. The summed E-state index contributed by atoms with van der Waals surface area (Å²) in [6.45, 7) is 4.32. The first-order chi connectivity index (χ1) is 40.0. The van der Waals surface area contributed by atoms with Crippen LogP contribution in [0.3, 0.4) is 0 Å². The Hall–Kier alpha value is -3.59. The first kappa shape index (κ1) is 78.4. The van der Waals surface area contributed by atoms with Gasteiger partial charge in [0.05, 0.1) is 27.7 Å². The molecule has 9 nitrogen and oxygen atoms in total. The van der Waals surface area contributed by atoms with Gasteiger partial charge in [0.25, 0.3) is 0 Å². The number of carbonyl (C=O) groups excluding carboxylic acids is 2. The molecule has 0 aromatic carbocycles. The Kier molecular flexibility index (Phi) is 59.2. The molecule has 0 aromatic rings. The zero-order valence-electron chi connectivity index (χ0n) is 53.4. The summed E-state index contributed by atoms with van der Waals surface area (Å²) >= 11 is 0. The van der Waals surface area contributed by atoms with Gasteiger partial charge in [-0.1, -0.05) is 270 Å². The van der Waals surface area contributed by atoms with Gasteiger partial charge in [0, 0.05) is 12.8 Å². The van der Waals surface area contributed by atoms with E-state index in [1.807, 2.05) is 21.1 Å². The minimum absolute atomic E-state index is 0.0266. The van der Waals surface area contributed by atoms with E-state index in [2.05, 4.69) is 135 Å². The molecule has 1 N–H and O–H groups in total. The second kappa shape index (κ2) is 62.0. The first-order valence-electron chi connectivity index (χ1n) is 33.3. The molecule has 0 amide bonds. The summed E-state index contributed by atoms with van der Waals surface area (Å²) in [6, 6.07) is 0. The van der Waals surface area contributed by atoms with E-state index in [9.17, 15) is 19.0 Å². The summed E-state index contributed by atoms with van der Waals surface area (Å²) in [7, 11) is 1.47. The lowest BCUT2D eigenvalue weighted by Gasteiger charge is -2.24. The standard InChI is InChI=1S/C72H124NO8P/c1-6-8-10-12-14-16-18-20-22-24-26-27-28-29-30-31-32-33-34-35-36-37-38-39-40-41-42-43-44-45-47-49-51-53-55-57-59-61-63-65-72(75)81-70(69-80-82(76,77)79-67-66-73(3,4)5)68-78-71(74)64-62-60-58-56-54-52-50-48-46-25-23-21-19-17-15-13-11-9-7-2/h8,10,14,16,20-23,26-27,29-30,32-33,35-36,38-39,41-42,70H,6-7,9,11-13,15,17-19,24-25,28,31,34,37,40,43-69H2,1-5H3/p+1/b10-8-,16-14-,22-20-,23-21-,27-26-,30-29-,33-32-,36-35-,39-38-,42-41-. The normalized spacial score (nSPS) is 14.0. The Morgan fingerprint density at radius 3 is 1.05 bits per heavy atom. The number of likely N-dealkylation sites (N-methyl/N-ethyl adjacent to an activating group) is 1. The fourth-order valence-corrected chi connectivity index (χ4v) is 9.63. The summed E-state index contributed by atoms with van der Waals surface area (Å²) in [6.07, 6.45) is 88.6. The Labute approximate surface area is 505 Å². The number of ether oxygens (including phenoxy) is 2. The minimum Gasteiger partial charge on any atom is -0.462 e. The quantitative estimate of drug-likeness (QED) is 0.0211. The Bertz CT molecular complexity index is 1800. The number of hydrogen-bond donors (Lipinski definition) is 1. The molecule has 0 rings (SSSR count). The third-order valence-corrected chi connectivity index (χ3v) is 15.0. The van der Waals surface area contributed by atoms with E-state index in [1.165, 1.54) is 135 Å². The molecule has 10 heteroatoms. The monoisotopic (exact) mass is 1160 g/mol. The van der Waals surface area contributed by atoms with Crippen LogP contribution in [0.15, 0.2) is 122 Å². The van der Waals surface area contributed by atoms with Crippen LogP contribution in [0, 0.1) is 0 Å². The second-order valence-corrected chi connectivity index (χ2v) is 24.6. The summed E-state index contributed by atoms with van der Waals surface area (Å²) < 4.78 is 34.6. The molecule has 2 unspecified atom stereocenters. The zero-order valence-corrected chi connectivity index (χ0v) is 54.3. The lowest BCUT2D eigenvalue weighted by atomic mass is 10.0. The highest BCUT2D eigenvalue weighted by atomic mass is 31.2. The van der Waals surface area contributed by atoms with Crippen LogP contribution in [0.2, 0.25) is 0 Å². The molecule has 0 bridgehead atoms. The first-order valence-corrected chi connectivity index (χ1v) is 34.8. The Morgan fingerprint density at radius 2 is 0.695 bits per heavy atom. The van der Waals surface area contributed by atoms with Crippen LogP contribution >= 0.6 is 7.82 Å². The fraction of sp³-hybridized carbons (Fsp3) is 0.694. The van der Waals surface area contributed by atoms with Crippen LogP contribution in [0.5, 0.6) is 0 Å². The highest BCUT2D eigenvalue weighted by Gasteiger charge is 2.27. The molecule has 0 fully saturated rings. The van der Waals surface area contributed by atoms with E-state index in [0.29, 0.717) is 17.4 Å². The number of carbonyl (C=O) groups is 2. The summed E-state index contributed by atoms with van der Waals surface area (Å²) in [5.74, 6) is -0.803. The van der Waals surface area contributed by atoms with Gasteiger partial charge in [-0.15, -0.1) is 0 Å². The number of unbranched alkanes of at least 4 members (excludes halogenated alkanes) is 26. The third-order valence-electron chi connectivity index (χ3n) is 14.0. The SMILES string of the molecule is CC/C=C\C/C=C\C/C=C\C/C=C\C/C=C\C/C=C\C/C=C\C/C=C\C/C=C\CCCCCCCCCCCCCC(=O)OC(COC(=O)CCCCCCCCCCC/C=C\CCCCCCCC)COP(=O)(O)OCC[N+](C)(C)C. The van der Waals surface area contributed by atoms with Crippen molar-refractivity contribution in [2.24, 2.45) is 0 Å². The molecular formula is C72H125NO8P+. The lowest BCUT2D eigenvalue weighted by Crippen LogP contribution is -2.37. The van der Waals surface area contributed by atoms with Crippen LogP contribution in [-0.2, 0) is 32.7 Å². The van der Waals surface area contributed by atoms with Crippen molar-refractivity contribution in [1.82, 2.24) is 0 Å². The van der Waals surface area contributed by atoms with Gasteiger partial charge in [-0.05, 0) is 109 Å². The Morgan fingerprint density at radius 1 is 0.390 bits per heavy atom. The average Bonchev–Trinajstić information content (AvgIpc) is 3.46. The van der Waals surface area contributed by atoms with Crippen molar-refractivity contribution >= 4 is 19.8 Å². The summed E-state index contributed by atoms with van der Waals surface area (Å²) in [5.41, 5.74) is 0. The molecule has 0 aliphatic carbocycles. The molecule has 0 saturated carbocycles. The zero-order chi connectivity index (χ0) is 59.8. The van der Waals surface area contributed by atoms with Crippen LogP contribution < -0.4 is 0 Å². The topological polar surface area (TPSA) is 108 Å². The van der Waals surface area contributed by atoms with Crippen LogP contribution in [0.25, 0.3) is 0 Å².